The van der Waals surface area contributed by atoms with Gasteiger partial charge in [0.25, 0.3) is 5.56 Å². The van der Waals surface area contributed by atoms with E-state index < -0.39 is 29.0 Å². The first-order chi connectivity index (χ1) is 8.84. The van der Waals surface area contributed by atoms with Crippen LogP contribution in [-0.4, -0.2) is 19.8 Å². The highest BCUT2D eigenvalue weighted by atomic mass is 19.1. The van der Waals surface area contributed by atoms with Gasteiger partial charge in [0.05, 0.1) is 11.7 Å². The topological polar surface area (TPSA) is 101 Å². The minimum Gasteiger partial charge on any atom is -0.492 e. The summed E-state index contributed by atoms with van der Waals surface area (Å²) in [5.41, 5.74) is -1.10. The molecule has 102 valence electrons. The number of nitrogens with one attached hydrogen (secondary N) is 1. The van der Waals surface area contributed by atoms with Crippen LogP contribution in [0.15, 0.2) is 14.1 Å². The molecule has 2 heterocycles. The van der Waals surface area contributed by atoms with Crippen LogP contribution in [0.1, 0.15) is 30.0 Å². The third kappa shape index (κ3) is 1.94. The van der Waals surface area contributed by atoms with E-state index in [1.807, 2.05) is 0 Å². The molecule has 0 fully saturated rings. The molecular formula is C11H12FN3O4. The number of nitrogens with zero attached hydrogens (tertiary/aromatic N) is 2. The number of aryl methyl sites for hydroxylation is 2. The monoisotopic (exact) mass is 269 g/mol. The van der Waals surface area contributed by atoms with Gasteiger partial charge in [0.1, 0.15) is 5.76 Å². The minimum atomic E-state index is -1.40. The molecule has 2 aromatic rings. The summed E-state index contributed by atoms with van der Waals surface area (Å²) < 4.78 is 19.1. The Kier molecular flexibility index (Phi) is 3.01. The quantitative estimate of drug-likeness (QED) is 0.831. The predicted molar refractivity (Wildman–Crippen MR) is 62.7 cm³/mol. The van der Waals surface area contributed by atoms with E-state index in [0.717, 1.165) is 4.57 Å². The molecule has 1 unspecified atom stereocenters. The van der Waals surface area contributed by atoms with Crippen molar-refractivity contribution in [2.24, 2.45) is 0 Å². The Morgan fingerprint density at radius 3 is 2.58 bits per heavy atom. The Labute approximate surface area is 106 Å². The van der Waals surface area contributed by atoms with Crippen LogP contribution in [0, 0.1) is 19.7 Å². The van der Waals surface area contributed by atoms with Crippen molar-refractivity contribution in [1.29, 1.82) is 0 Å². The standard InChI is InChI=1S/C11H12FN3O4/c1-4-7(6(3)19-14-4)5(2)15-10(17)8(12)9(16)13-11(15)18/h5,17H,1-3H3,(H,13,16,18). The van der Waals surface area contributed by atoms with E-state index in [-0.39, 0.29) is 0 Å². The molecule has 7 nitrogen and oxygen atoms in total. The van der Waals surface area contributed by atoms with Crippen molar-refractivity contribution in [2.75, 3.05) is 0 Å². The molecule has 0 saturated heterocycles. The molecule has 2 aromatic heterocycles. The second-order valence-electron chi connectivity index (χ2n) is 4.18. The van der Waals surface area contributed by atoms with Crippen LogP contribution in [0.2, 0.25) is 0 Å². The van der Waals surface area contributed by atoms with Crippen LogP contribution in [0.3, 0.4) is 0 Å². The third-order valence-electron chi connectivity index (χ3n) is 2.96. The highest BCUT2D eigenvalue weighted by molar-refractivity contribution is 5.27. The number of aromatic nitrogens is 3. The van der Waals surface area contributed by atoms with Gasteiger partial charge in [-0.25, -0.2) is 4.79 Å². The van der Waals surface area contributed by atoms with E-state index in [1.54, 1.807) is 25.8 Å². The number of halogens is 1. The molecule has 19 heavy (non-hydrogen) atoms. The molecule has 0 amide bonds. The van der Waals surface area contributed by atoms with Crippen LogP contribution in [0.4, 0.5) is 4.39 Å². The summed E-state index contributed by atoms with van der Waals surface area (Å²) in [5, 5.41) is 13.4. The Hall–Kier alpha value is -2.38. The van der Waals surface area contributed by atoms with Crippen LogP contribution in [0.5, 0.6) is 5.88 Å². The zero-order valence-electron chi connectivity index (χ0n) is 10.5. The highest BCUT2D eigenvalue weighted by Crippen LogP contribution is 2.26. The fraction of sp³-hybridized carbons (Fsp3) is 0.364. The van der Waals surface area contributed by atoms with Crippen molar-refractivity contribution < 1.29 is 14.0 Å². The van der Waals surface area contributed by atoms with E-state index >= 15 is 0 Å². The highest BCUT2D eigenvalue weighted by Gasteiger charge is 2.24. The average molecular weight is 269 g/mol. The molecule has 0 aliphatic carbocycles. The maximum absolute atomic E-state index is 13.4. The molecule has 0 bridgehead atoms. The van der Waals surface area contributed by atoms with Gasteiger partial charge in [0, 0.05) is 5.56 Å². The number of aromatic hydroxyl groups is 1. The lowest BCUT2D eigenvalue weighted by Gasteiger charge is -2.16. The molecule has 8 heteroatoms. The van der Waals surface area contributed by atoms with Gasteiger partial charge < -0.3 is 9.63 Å². The average Bonchev–Trinajstić information content (AvgIpc) is 2.66. The fourth-order valence-corrected chi connectivity index (χ4v) is 2.09. The second kappa shape index (κ2) is 4.38. The van der Waals surface area contributed by atoms with Gasteiger partial charge in [0.2, 0.25) is 11.7 Å². The van der Waals surface area contributed by atoms with Crippen LogP contribution >= 0.6 is 0 Å². The summed E-state index contributed by atoms with van der Waals surface area (Å²) in [5.74, 6) is -1.97. The van der Waals surface area contributed by atoms with E-state index in [2.05, 4.69) is 5.16 Å². The SMILES string of the molecule is Cc1noc(C)c1C(C)n1c(O)c(F)c(=O)[nH]c1=O. The number of aromatic amines is 1. The Bertz CT molecular complexity index is 724. The molecule has 0 radical (unpaired) electrons. The molecule has 2 N–H and O–H groups in total. The molecule has 0 spiro atoms. The van der Waals surface area contributed by atoms with Crippen molar-refractivity contribution in [3.63, 3.8) is 0 Å². The zero-order valence-corrected chi connectivity index (χ0v) is 10.5. The molecule has 0 aromatic carbocycles. The fourth-order valence-electron chi connectivity index (χ4n) is 2.09. The predicted octanol–water partition coefficient (Wildman–Crippen LogP) is 0.595. The summed E-state index contributed by atoms with van der Waals surface area (Å²) in [7, 11) is 0. The van der Waals surface area contributed by atoms with Gasteiger partial charge in [-0.15, -0.1) is 0 Å². The van der Waals surface area contributed by atoms with Gasteiger partial charge in [-0.05, 0) is 20.8 Å². The van der Waals surface area contributed by atoms with E-state index in [4.69, 9.17) is 4.52 Å². The van der Waals surface area contributed by atoms with Gasteiger partial charge >= 0.3 is 5.69 Å². The van der Waals surface area contributed by atoms with Crippen LogP contribution in [-0.2, 0) is 0 Å². The lowest BCUT2D eigenvalue weighted by molar-refractivity contribution is 0.349. The number of H-pyrrole nitrogens is 1. The Morgan fingerprint density at radius 2 is 2.05 bits per heavy atom. The number of hydrogen-bond donors (Lipinski definition) is 2. The summed E-state index contributed by atoms with van der Waals surface area (Å²) in [4.78, 5) is 24.5. The smallest absolute Gasteiger partial charge is 0.331 e. The largest absolute Gasteiger partial charge is 0.492 e. The first kappa shape index (κ1) is 13.1. The zero-order chi connectivity index (χ0) is 14.3. The van der Waals surface area contributed by atoms with Crippen LogP contribution < -0.4 is 11.2 Å². The molecule has 1 atom stereocenters. The first-order valence-electron chi connectivity index (χ1n) is 5.50. The molecular weight excluding hydrogens is 257 g/mol. The lowest BCUT2D eigenvalue weighted by Crippen LogP contribution is -2.34. The van der Waals surface area contributed by atoms with Gasteiger partial charge in [-0.2, -0.15) is 4.39 Å². The van der Waals surface area contributed by atoms with Crippen molar-refractivity contribution in [2.45, 2.75) is 26.8 Å². The number of rotatable bonds is 2. The molecule has 2 rings (SSSR count). The molecule has 0 aliphatic rings. The summed E-state index contributed by atoms with van der Waals surface area (Å²) in [6, 6.07) is -0.731. The summed E-state index contributed by atoms with van der Waals surface area (Å²) in [6.07, 6.45) is 0. The Morgan fingerprint density at radius 1 is 1.42 bits per heavy atom. The maximum atomic E-state index is 13.4. The minimum absolute atomic E-state index is 0.447. The van der Waals surface area contributed by atoms with Gasteiger partial charge in [-0.3, -0.25) is 14.3 Å². The third-order valence-corrected chi connectivity index (χ3v) is 2.96. The summed E-state index contributed by atoms with van der Waals surface area (Å²) in [6.45, 7) is 4.85. The van der Waals surface area contributed by atoms with E-state index in [1.165, 1.54) is 0 Å². The van der Waals surface area contributed by atoms with Gasteiger partial charge in [-0.1, -0.05) is 5.16 Å². The molecule has 0 saturated carbocycles. The maximum Gasteiger partial charge on any atom is 0.331 e. The number of hydrogen-bond acceptors (Lipinski definition) is 5. The van der Waals surface area contributed by atoms with Crippen molar-refractivity contribution >= 4 is 0 Å². The first-order valence-corrected chi connectivity index (χ1v) is 5.50. The van der Waals surface area contributed by atoms with E-state index in [9.17, 15) is 19.1 Å². The van der Waals surface area contributed by atoms with Crippen molar-refractivity contribution in [3.05, 3.63) is 43.7 Å². The Balaban J connectivity index is 2.70. The van der Waals surface area contributed by atoms with Crippen molar-refractivity contribution in [3.8, 4) is 5.88 Å². The van der Waals surface area contributed by atoms with Crippen molar-refractivity contribution in [1.82, 2.24) is 14.7 Å². The second-order valence-corrected chi connectivity index (χ2v) is 4.18. The normalized spacial score (nSPS) is 12.6. The van der Waals surface area contributed by atoms with E-state index in [0.29, 0.717) is 17.0 Å². The summed E-state index contributed by atoms with van der Waals surface area (Å²) >= 11 is 0. The lowest BCUT2D eigenvalue weighted by atomic mass is 10.1. The van der Waals surface area contributed by atoms with Gasteiger partial charge in [0.15, 0.2) is 0 Å². The van der Waals surface area contributed by atoms with Crippen LogP contribution in [0.25, 0.3) is 0 Å². The molecule has 0 aliphatic heterocycles.